The summed E-state index contributed by atoms with van der Waals surface area (Å²) in [6.45, 7) is 6.56. The van der Waals surface area contributed by atoms with E-state index in [2.05, 4.69) is 39.2 Å². The fourth-order valence-electron chi connectivity index (χ4n) is 3.17. The van der Waals surface area contributed by atoms with E-state index in [9.17, 15) is 0 Å². The molecular weight excluding hydrogens is 348 g/mol. The van der Waals surface area contributed by atoms with E-state index >= 15 is 0 Å². The van der Waals surface area contributed by atoms with Crippen LogP contribution in [0.1, 0.15) is 26.7 Å². The molecule has 0 aliphatic carbocycles. The van der Waals surface area contributed by atoms with Gasteiger partial charge in [0.2, 0.25) is 0 Å². The van der Waals surface area contributed by atoms with Gasteiger partial charge in [-0.05, 0) is 43.5 Å². The summed E-state index contributed by atoms with van der Waals surface area (Å²) >= 11 is 1.73. The summed E-state index contributed by atoms with van der Waals surface area (Å²) in [5.74, 6) is 2.46. The fraction of sp³-hybridized carbons (Fsp3) is 0.474. The highest BCUT2D eigenvalue weighted by Gasteiger charge is 2.21. The number of thiazole rings is 1. The number of methoxy groups -OCH3 is 2. The number of nitrogens with zero attached hydrogens (tertiary/aromatic N) is 3. The van der Waals surface area contributed by atoms with Crippen molar-refractivity contribution in [3.63, 3.8) is 0 Å². The zero-order chi connectivity index (χ0) is 18.7. The van der Waals surface area contributed by atoms with Crippen LogP contribution in [0.5, 0.6) is 11.5 Å². The van der Waals surface area contributed by atoms with Gasteiger partial charge in [0.1, 0.15) is 5.01 Å². The number of benzene rings is 1. The molecule has 1 aliphatic heterocycles. The van der Waals surface area contributed by atoms with Gasteiger partial charge in [0.25, 0.3) is 0 Å². The van der Waals surface area contributed by atoms with Gasteiger partial charge in [-0.3, -0.25) is 4.99 Å². The first-order valence-corrected chi connectivity index (χ1v) is 9.49. The number of ether oxygens (including phenoxy) is 2. The maximum atomic E-state index is 5.45. The molecule has 0 saturated carbocycles. The van der Waals surface area contributed by atoms with Crippen molar-refractivity contribution in [2.24, 2.45) is 4.99 Å². The normalized spacial score (nSPS) is 14.2. The molecule has 1 aromatic carbocycles. The molecule has 0 saturated heterocycles. The summed E-state index contributed by atoms with van der Waals surface area (Å²) in [4.78, 5) is 12.6. The van der Waals surface area contributed by atoms with Crippen molar-refractivity contribution in [3.05, 3.63) is 38.8 Å². The van der Waals surface area contributed by atoms with Gasteiger partial charge in [0.05, 0.1) is 26.5 Å². The molecule has 1 aliphatic rings. The molecular formula is C19H26N4O2S. The summed E-state index contributed by atoms with van der Waals surface area (Å²) in [5, 5.41) is 4.53. The van der Waals surface area contributed by atoms with Gasteiger partial charge in [0.15, 0.2) is 17.5 Å². The third-order valence-electron chi connectivity index (χ3n) is 4.70. The molecule has 0 spiro atoms. The number of aromatic nitrogens is 1. The van der Waals surface area contributed by atoms with Crippen LogP contribution in [-0.4, -0.2) is 43.7 Å². The second-order valence-corrected chi connectivity index (χ2v) is 7.59. The number of rotatable bonds is 4. The molecule has 7 heteroatoms. The molecule has 0 amide bonds. The average molecular weight is 375 g/mol. The van der Waals surface area contributed by atoms with Crippen LogP contribution in [0.2, 0.25) is 0 Å². The van der Waals surface area contributed by atoms with Crippen molar-refractivity contribution in [3.8, 4) is 11.5 Å². The number of aryl methyl sites for hydroxylation is 2. The summed E-state index contributed by atoms with van der Waals surface area (Å²) in [7, 11) is 5.17. The standard InChI is InChI=1S/C19H26N4O2S/c1-12-13(2)26-18(22-12)10-21-19(20-3)23-7-6-14-8-16(24-4)17(25-5)9-15(14)11-23/h8-9H,6-7,10-11H2,1-5H3,(H,20,21). The van der Waals surface area contributed by atoms with E-state index in [1.807, 2.05) is 14.0 Å². The fourth-order valence-corrected chi connectivity index (χ4v) is 4.04. The molecule has 3 rings (SSSR count). The molecule has 26 heavy (non-hydrogen) atoms. The predicted molar refractivity (Wildman–Crippen MR) is 105 cm³/mol. The van der Waals surface area contributed by atoms with E-state index in [4.69, 9.17) is 9.47 Å². The van der Waals surface area contributed by atoms with Crippen molar-refractivity contribution in [1.29, 1.82) is 0 Å². The molecule has 2 heterocycles. The summed E-state index contributed by atoms with van der Waals surface area (Å²) < 4.78 is 10.9. The topological polar surface area (TPSA) is 59.0 Å². The monoisotopic (exact) mass is 374 g/mol. The van der Waals surface area contributed by atoms with Crippen molar-refractivity contribution in [2.75, 3.05) is 27.8 Å². The summed E-state index contributed by atoms with van der Waals surface area (Å²) in [6.07, 6.45) is 0.950. The Hall–Kier alpha value is -2.28. The largest absolute Gasteiger partial charge is 0.493 e. The Morgan fingerprint density at radius 3 is 2.50 bits per heavy atom. The van der Waals surface area contributed by atoms with Crippen molar-refractivity contribution >= 4 is 17.3 Å². The molecule has 0 bridgehead atoms. The van der Waals surface area contributed by atoms with Gasteiger partial charge in [-0.25, -0.2) is 4.98 Å². The highest BCUT2D eigenvalue weighted by atomic mass is 32.1. The molecule has 0 atom stereocenters. The Balaban J connectivity index is 1.71. The van der Waals surface area contributed by atoms with Gasteiger partial charge in [-0.2, -0.15) is 0 Å². The van der Waals surface area contributed by atoms with Crippen molar-refractivity contribution in [2.45, 2.75) is 33.4 Å². The van der Waals surface area contributed by atoms with E-state index < -0.39 is 0 Å². The highest BCUT2D eigenvalue weighted by Crippen LogP contribution is 2.33. The first-order valence-electron chi connectivity index (χ1n) is 8.68. The Kier molecular flexibility index (Phi) is 5.66. The average Bonchev–Trinajstić information content (AvgIpc) is 2.98. The second-order valence-electron chi connectivity index (χ2n) is 6.30. The van der Waals surface area contributed by atoms with Crippen molar-refractivity contribution in [1.82, 2.24) is 15.2 Å². The zero-order valence-electron chi connectivity index (χ0n) is 16.0. The minimum absolute atomic E-state index is 0.696. The number of aliphatic imine (C=N–C) groups is 1. The van der Waals surface area contributed by atoms with Gasteiger partial charge in [-0.15, -0.1) is 11.3 Å². The molecule has 6 nitrogen and oxygen atoms in total. The number of guanidine groups is 1. The Labute approximate surface area is 158 Å². The van der Waals surface area contributed by atoms with E-state index in [1.54, 1.807) is 25.6 Å². The minimum atomic E-state index is 0.696. The first kappa shape index (κ1) is 18.5. The third kappa shape index (κ3) is 3.77. The van der Waals surface area contributed by atoms with Crippen LogP contribution >= 0.6 is 11.3 Å². The minimum Gasteiger partial charge on any atom is -0.493 e. The van der Waals surface area contributed by atoms with E-state index in [0.717, 1.165) is 47.7 Å². The lowest BCUT2D eigenvalue weighted by Gasteiger charge is -2.32. The quantitative estimate of drug-likeness (QED) is 0.659. The number of nitrogens with one attached hydrogen (secondary N) is 1. The zero-order valence-corrected chi connectivity index (χ0v) is 16.9. The highest BCUT2D eigenvalue weighted by molar-refractivity contribution is 7.11. The van der Waals surface area contributed by atoms with Crippen LogP contribution in [0.15, 0.2) is 17.1 Å². The third-order valence-corrected chi connectivity index (χ3v) is 5.77. The molecule has 0 unspecified atom stereocenters. The lowest BCUT2D eigenvalue weighted by atomic mass is 9.99. The second kappa shape index (κ2) is 7.95. The van der Waals surface area contributed by atoms with Crippen LogP contribution in [0.3, 0.4) is 0 Å². The smallest absolute Gasteiger partial charge is 0.194 e. The Morgan fingerprint density at radius 1 is 1.23 bits per heavy atom. The molecule has 0 radical (unpaired) electrons. The molecule has 2 aromatic rings. The van der Waals surface area contributed by atoms with Gasteiger partial charge < -0.3 is 19.7 Å². The lowest BCUT2D eigenvalue weighted by molar-refractivity contribution is 0.346. The summed E-state index contributed by atoms with van der Waals surface area (Å²) in [6, 6.07) is 4.16. The van der Waals surface area contributed by atoms with Crippen LogP contribution in [0.25, 0.3) is 0 Å². The lowest BCUT2D eigenvalue weighted by Crippen LogP contribution is -2.43. The predicted octanol–water partition coefficient (Wildman–Crippen LogP) is 2.91. The van der Waals surface area contributed by atoms with Gasteiger partial charge in [0, 0.05) is 25.0 Å². The van der Waals surface area contributed by atoms with E-state index in [-0.39, 0.29) is 0 Å². The van der Waals surface area contributed by atoms with Crippen LogP contribution in [0.4, 0.5) is 0 Å². The Morgan fingerprint density at radius 2 is 1.92 bits per heavy atom. The molecule has 0 fully saturated rings. The van der Waals surface area contributed by atoms with Crippen LogP contribution < -0.4 is 14.8 Å². The summed E-state index contributed by atoms with van der Waals surface area (Å²) in [5.41, 5.74) is 3.66. The van der Waals surface area contributed by atoms with Crippen LogP contribution in [0, 0.1) is 13.8 Å². The first-order chi connectivity index (χ1) is 12.5. The van der Waals surface area contributed by atoms with Crippen LogP contribution in [-0.2, 0) is 19.5 Å². The van der Waals surface area contributed by atoms with Crippen molar-refractivity contribution < 1.29 is 9.47 Å². The maximum absolute atomic E-state index is 5.45. The Bertz CT molecular complexity index is 797. The number of hydrogen-bond donors (Lipinski definition) is 1. The molecule has 1 N–H and O–H groups in total. The van der Waals surface area contributed by atoms with Gasteiger partial charge in [-0.1, -0.05) is 0 Å². The molecule has 140 valence electrons. The SMILES string of the molecule is CN=C(NCc1nc(C)c(C)s1)N1CCc2cc(OC)c(OC)cc2C1. The molecule has 1 aromatic heterocycles. The number of fused-ring (bicyclic) bond motifs is 1. The maximum Gasteiger partial charge on any atom is 0.194 e. The van der Waals surface area contributed by atoms with E-state index in [0.29, 0.717) is 6.54 Å². The van der Waals surface area contributed by atoms with Gasteiger partial charge >= 0.3 is 0 Å². The number of hydrogen-bond acceptors (Lipinski definition) is 5. The van der Waals surface area contributed by atoms with E-state index in [1.165, 1.54) is 16.0 Å².